The zero-order valence-corrected chi connectivity index (χ0v) is 15.6. The zero-order valence-electron chi connectivity index (χ0n) is 15.6. The first-order chi connectivity index (χ1) is 12.9. The van der Waals surface area contributed by atoms with Gasteiger partial charge in [0.25, 0.3) is 5.91 Å². The number of anilines is 1. The van der Waals surface area contributed by atoms with Crippen molar-refractivity contribution in [1.82, 2.24) is 14.9 Å². The number of amides is 1. The van der Waals surface area contributed by atoms with Crippen LogP contribution in [0.1, 0.15) is 33.2 Å². The molecule has 8 nitrogen and oxygen atoms in total. The Hall–Kier alpha value is -3.42. The topological polar surface area (TPSA) is 99.2 Å². The number of nitrogens with one attached hydrogen (secondary N) is 1. The van der Waals surface area contributed by atoms with Crippen LogP contribution in [0.15, 0.2) is 34.9 Å². The van der Waals surface area contributed by atoms with Gasteiger partial charge in [0.05, 0.1) is 28.5 Å². The molecule has 0 aliphatic rings. The van der Waals surface area contributed by atoms with Crippen LogP contribution in [0.2, 0.25) is 0 Å². The van der Waals surface area contributed by atoms with Gasteiger partial charge in [0.2, 0.25) is 0 Å². The number of aromatic nitrogens is 3. The van der Waals surface area contributed by atoms with Crippen molar-refractivity contribution in [2.75, 3.05) is 11.9 Å². The van der Waals surface area contributed by atoms with Crippen LogP contribution in [-0.2, 0) is 9.53 Å². The second-order valence-corrected chi connectivity index (χ2v) is 6.12. The molecule has 0 radical (unpaired) electrons. The summed E-state index contributed by atoms with van der Waals surface area (Å²) in [5.74, 6) is -0.738. The number of benzene rings is 1. The number of aryl methyl sites for hydroxylation is 3. The van der Waals surface area contributed by atoms with Gasteiger partial charge in [-0.25, -0.2) is 9.48 Å². The van der Waals surface area contributed by atoms with E-state index in [9.17, 15) is 9.59 Å². The first-order valence-electron chi connectivity index (χ1n) is 8.40. The number of nitrogens with zero attached hydrogens (tertiary/aromatic N) is 3. The fourth-order valence-electron chi connectivity index (χ4n) is 2.80. The Morgan fingerprint density at radius 1 is 1.11 bits per heavy atom. The van der Waals surface area contributed by atoms with E-state index in [4.69, 9.17) is 9.26 Å². The third-order valence-corrected chi connectivity index (χ3v) is 4.13. The lowest BCUT2D eigenvalue weighted by Gasteiger charge is -2.08. The monoisotopic (exact) mass is 368 g/mol. The van der Waals surface area contributed by atoms with Gasteiger partial charge in [-0.05, 0) is 39.8 Å². The van der Waals surface area contributed by atoms with Gasteiger partial charge in [0.1, 0.15) is 11.3 Å². The van der Waals surface area contributed by atoms with Crippen molar-refractivity contribution in [2.24, 2.45) is 0 Å². The quantitative estimate of drug-likeness (QED) is 0.695. The highest BCUT2D eigenvalue weighted by atomic mass is 16.5. The molecule has 1 aromatic carbocycles. The standard InChI is InChI=1S/C19H20N4O4/c1-11-17(14(4)27-22-11)19(25)26-10-16(24)20-18-12(2)21-23(13(18)3)15-8-6-5-7-9-15/h5-9H,10H2,1-4H3,(H,20,24). The molecule has 140 valence electrons. The van der Waals surface area contributed by atoms with Crippen molar-refractivity contribution >= 4 is 17.6 Å². The maximum absolute atomic E-state index is 12.2. The van der Waals surface area contributed by atoms with E-state index in [1.807, 2.05) is 37.3 Å². The minimum Gasteiger partial charge on any atom is -0.452 e. The summed E-state index contributed by atoms with van der Waals surface area (Å²) in [4.78, 5) is 24.4. The largest absolute Gasteiger partial charge is 0.452 e. The van der Waals surface area contributed by atoms with Crippen molar-refractivity contribution < 1.29 is 18.8 Å². The molecule has 2 aromatic heterocycles. The zero-order chi connectivity index (χ0) is 19.6. The van der Waals surface area contributed by atoms with Gasteiger partial charge in [-0.3, -0.25) is 4.79 Å². The van der Waals surface area contributed by atoms with E-state index in [0.717, 1.165) is 11.4 Å². The highest BCUT2D eigenvalue weighted by Crippen LogP contribution is 2.22. The summed E-state index contributed by atoms with van der Waals surface area (Å²) >= 11 is 0. The Morgan fingerprint density at radius 2 is 1.81 bits per heavy atom. The molecule has 0 aliphatic carbocycles. The summed E-state index contributed by atoms with van der Waals surface area (Å²) in [6, 6.07) is 9.61. The van der Waals surface area contributed by atoms with Crippen molar-refractivity contribution in [3.63, 3.8) is 0 Å². The summed E-state index contributed by atoms with van der Waals surface area (Å²) in [6.07, 6.45) is 0. The molecule has 0 saturated carbocycles. The number of ether oxygens (including phenoxy) is 1. The van der Waals surface area contributed by atoms with Crippen LogP contribution in [0, 0.1) is 27.7 Å². The SMILES string of the molecule is Cc1nn(-c2ccccc2)c(C)c1NC(=O)COC(=O)c1c(C)noc1C. The van der Waals surface area contributed by atoms with E-state index in [0.29, 0.717) is 22.8 Å². The van der Waals surface area contributed by atoms with Crippen LogP contribution < -0.4 is 5.32 Å². The van der Waals surface area contributed by atoms with E-state index in [2.05, 4.69) is 15.6 Å². The average molecular weight is 368 g/mol. The predicted molar refractivity (Wildman–Crippen MR) is 97.9 cm³/mol. The van der Waals surface area contributed by atoms with Crippen LogP contribution in [0.25, 0.3) is 5.69 Å². The van der Waals surface area contributed by atoms with Gasteiger partial charge < -0.3 is 14.6 Å². The maximum atomic E-state index is 12.2. The molecule has 0 bridgehead atoms. The van der Waals surface area contributed by atoms with Crippen molar-refractivity contribution in [3.8, 4) is 5.69 Å². The van der Waals surface area contributed by atoms with Gasteiger partial charge in [-0.2, -0.15) is 5.10 Å². The van der Waals surface area contributed by atoms with Gasteiger partial charge in [-0.15, -0.1) is 0 Å². The molecule has 0 atom stereocenters. The Bertz CT molecular complexity index is 969. The van der Waals surface area contributed by atoms with Gasteiger partial charge in [-0.1, -0.05) is 23.4 Å². The molecule has 0 saturated heterocycles. The number of esters is 1. The minimum atomic E-state index is -0.644. The van der Waals surface area contributed by atoms with Crippen LogP contribution in [0.5, 0.6) is 0 Å². The molecule has 0 aliphatic heterocycles. The van der Waals surface area contributed by atoms with Gasteiger partial charge >= 0.3 is 5.97 Å². The fourth-order valence-corrected chi connectivity index (χ4v) is 2.80. The number of carbonyl (C=O) groups excluding carboxylic acids is 2. The summed E-state index contributed by atoms with van der Waals surface area (Å²) in [7, 11) is 0. The fraction of sp³-hybridized carbons (Fsp3) is 0.263. The van der Waals surface area contributed by atoms with Crippen LogP contribution in [0.4, 0.5) is 5.69 Å². The van der Waals surface area contributed by atoms with Gasteiger partial charge in [0, 0.05) is 0 Å². The van der Waals surface area contributed by atoms with Crippen LogP contribution in [-0.4, -0.2) is 33.4 Å². The Kier molecular flexibility index (Phi) is 5.07. The minimum absolute atomic E-state index is 0.243. The van der Waals surface area contributed by atoms with Crippen molar-refractivity contribution in [3.05, 3.63) is 58.7 Å². The number of hydrogen-bond donors (Lipinski definition) is 1. The Morgan fingerprint density at radius 3 is 2.44 bits per heavy atom. The second kappa shape index (κ2) is 7.45. The van der Waals surface area contributed by atoms with E-state index in [1.54, 1.807) is 25.5 Å². The lowest BCUT2D eigenvalue weighted by atomic mass is 10.2. The molecule has 0 spiro atoms. The van der Waals surface area contributed by atoms with Crippen LogP contribution in [0.3, 0.4) is 0 Å². The molecular weight excluding hydrogens is 348 g/mol. The molecule has 1 N–H and O–H groups in total. The summed E-state index contributed by atoms with van der Waals surface area (Å²) < 4.78 is 11.8. The maximum Gasteiger partial charge on any atom is 0.344 e. The van der Waals surface area contributed by atoms with E-state index >= 15 is 0 Å². The highest BCUT2D eigenvalue weighted by molar-refractivity contribution is 5.96. The van der Waals surface area contributed by atoms with E-state index in [1.165, 1.54) is 0 Å². The third kappa shape index (κ3) is 3.74. The van der Waals surface area contributed by atoms with E-state index < -0.39 is 18.5 Å². The molecule has 3 aromatic rings. The molecule has 2 heterocycles. The predicted octanol–water partition coefficient (Wildman–Crippen LogP) is 2.89. The van der Waals surface area contributed by atoms with E-state index in [-0.39, 0.29) is 5.56 Å². The Labute approximate surface area is 156 Å². The smallest absolute Gasteiger partial charge is 0.344 e. The normalized spacial score (nSPS) is 10.7. The molecule has 3 rings (SSSR count). The van der Waals surface area contributed by atoms with Crippen LogP contribution >= 0.6 is 0 Å². The van der Waals surface area contributed by atoms with Crippen molar-refractivity contribution in [2.45, 2.75) is 27.7 Å². The molecule has 27 heavy (non-hydrogen) atoms. The second-order valence-electron chi connectivity index (χ2n) is 6.12. The first kappa shape index (κ1) is 18.4. The lowest BCUT2D eigenvalue weighted by molar-refractivity contribution is -0.119. The molecular formula is C19H20N4O4. The van der Waals surface area contributed by atoms with Crippen molar-refractivity contribution in [1.29, 1.82) is 0 Å². The Balaban J connectivity index is 1.68. The average Bonchev–Trinajstić information content (AvgIpc) is 3.13. The first-order valence-corrected chi connectivity index (χ1v) is 8.40. The molecule has 8 heteroatoms. The number of rotatable bonds is 5. The number of carbonyl (C=O) groups is 2. The van der Waals surface area contributed by atoms with Gasteiger partial charge in [0.15, 0.2) is 6.61 Å². The molecule has 0 fully saturated rings. The summed E-state index contributed by atoms with van der Waals surface area (Å²) in [5, 5.41) is 10.9. The molecule has 0 unspecified atom stereocenters. The lowest BCUT2D eigenvalue weighted by Crippen LogP contribution is -2.22. The number of para-hydroxylation sites is 1. The highest BCUT2D eigenvalue weighted by Gasteiger charge is 2.21. The summed E-state index contributed by atoms with van der Waals surface area (Å²) in [6.45, 7) is 6.49. The number of hydrogen-bond acceptors (Lipinski definition) is 6. The molecule has 1 amide bonds. The third-order valence-electron chi connectivity index (χ3n) is 4.13. The summed E-state index contributed by atoms with van der Waals surface area (Å²) in [5.41, 5.74) is 3.60.